The third-order valence-corrected chi connectivity index (χ3v) is 3.07. The highest BCUT2D eigenvalue weighted by Crippen LogP contribution is 2.29. The monoisotopic (exact) mass is 384 g/mol. The van der Waals surface area contributed by atoms with Gasteiger partial charge in [-0.3, -0.25) is 0 Å². The van der Waals surface area contributed by atoms with Gasteiger partial charge < -0.3 is 15.7 Å². The molecule has 0 atom stereocenters. The van der Waals surface area contributed by atoms with E-state index in [2.05, 4.69) is 30.6 Å². The summed E-state index contributed by atoms with van der Waals surface area (Å²) >= 11 is 0. The second-order valence-electron chi connectivity index (χ2n) is 7.75. The number of nitrogens with zero attached hydrogens (tertiary/aromatic N) is 4. The fraction of sp³-hybridized carbons (Fsp3) is 0.529. The van der Waals surface area contributed by atoms with E-state index in [4.69, 9.17) is 0 Å². The number of alkyl halides is 3. The fourth-order valence-electron chi connectivity index (χ4n) is 1.97. The molecule has 27 heavy (non-hydrogen) atoms. The largest absolute Gasteiger partial charge is 0.433 e. The highest BCUT2D eigenvalue weighted by atomic mass is 19.4. The van der Waals surface area contributed by atoms with Crippen LogP contribution in [0.25, 0.3) is 11.5 Å². The number of pyridine rings is 1. The van der Waals surface area contributed by atoms with Gasteiger partial charge in [0.25, 0.3) is 0 Å². The maximum absolute atomic E-state index is 12.9. The Morgan fingerprint density at radius 2 is 1.56 bits per heavy atom. The van der Waals surface area contributed by atoms with E-state index in [0.29, 0.717) is 0 Å². The van der Waals surface area contributed by atoms with E-state index in [9.17, 15) is 18.3 Å². The molecule has 148 valence electrons. The van der Waals surface area contributed by atoms with Gasteiger partial charge in [0, 0.05) is 12.1 Å². The predicted octanol–water partition coefficient (Wildman–Crippen LogP) is 3.35. The van der Waals surface area contributed by atoms with Crippen molar-refractivity contribution in [3.8, 4) is 11.5 Å². The summed E-state index contributed by atoms with van der Waals surface area (Å²) in [6, 6.07) is 3.52. The molecule has 0 fully saturated rings. The van der Waals surface area contributed by atoms with Crippen molar-refractivity contribution in [1.29, 1.82) is 0 Å². The van der Waals surface area contributed by atoms with E-state index in [-0.39, 0.29) is 35.5 Å². The smallest absolute Gasteiger partial charge is 0.389 e. The highest BCUT2D eigenvalue weighted by Gasteiger charge is 2.32. The first-order valence-corrected chi connectivity index (χ1v) is 8.28. The quantitative estimate of drug-likeness (QED) is 0.727. The normalized spacial score (nSPS) is 12.8. The summed E-state index contributed by atoms with van der Waals surface area (Å²) in [4.78, 5) is 16.2. The molecule has 0 aliphatic heterocycles. The van der Waals surface area contributed by atoms with Crippen LogP contribution >= 0.6 is 0 Å². The molecule has 0 saturated carbocycles. The molecule has 2 rings (SSSR count). The average Bonchev–Trinajstić information content (AvgIpc) is 2.50. The van der Waals surface area contributed by atoms with Gasteiger partial charge in [-0.1, -0.05) is 6.07 Å². The third kappa shape index (κ3) is 6.63. The molecule has 0 unspecified atom stereocenters. The van der Waals surface area contributed by atoms with Gasteiger partial charge in [0.15, 0.2) is 5.82 Å². The third-order valence-electron chi connectivity index (χ3n) is 3.07. The first-order valence-electron chi connectivity index (χ1n) is 8.28. The van der Waals surface area contributed by atoms with Gasteiger partial charge in [0.1, 0.15) is 11.4 Å². The summed E-state index contributed by atoms with van der Waals surface area (Å²) in [5, 5.41) is 15.8. The topological polar surface area (TPSA) is 95.8 Å². The van der Waals surface area contributed by atoms with E-state index in [1.165, 1.54) is 12.1 Å². The van der Waals surface area contributed by atoms with Crippen molar-refractivity contribution >= 4 is 11.9 Å². The maximum atomic E-state index is 12.9. The van der Waals surface area contributed by atoms with Gasteiger partial charge in [-0.25, -0.2) is 4.98 Å². The van der Waals surface area contributed by atoms with Gasteiger partial charge in [-0.15, -0.1) is 0 Å². The van der Waals surface area contributed by atoms with Crippen molar-refractivity contribution in [2.24, 2.45) is 0 Å². The molecule has 2 heterocycles. The molecule has 0 bridgehead atoms. The lowest BCUT2D eigenvalue weighted by Crippen LogP contribution is -2.31. The van der Waals surface area contributed by atoms with Gasteiger partial charge in [-0.2, -0.15) is 28.1 Å². The second kappa shape index (κ2) is 7.26. The van der Waals surface area contributed by atoms with Crippen LogP contribution in [0.1, 0.15) is 40.3 Å². The van der Waals surface area contributed by atoms with E-state index < -0.39 is 17.5 Å². The second-order valence-corrected chi connectivity index (χ2v) is 7.75. The summed E-state index contributed by atoms with van der Waals surface area (Å²) in [7, 11) is 0. The summed E-state index contributed by atoms with van der Waals surface area (Å²) in [5.74, 6) is 0.291. The van der Waals surface area contributed by atoms with Crippen molar-refractivity contribution < 1.29 is 18.3 Å². The number of hydrogen-bond donors (Lipinski definition) is 3. The van der Waals surface area contributed by atoms with Crippen molar-refractivity contribution in [1.82, 2.24) is 19.9 Å². The molecule has 0 aromatic carbocycles. The fourth-order valence-corrected chi connectivity index (χ4v) is 1.97. The molecule has 2 aromatic heterocycles. The lowest BCUT2D eigenvalue weighted by atomic mass is 10.1. The van der Waals surface area contributed by atoms with E-state index in [1.807, 2.05) is 20.8 Å². The van der Waals surface area contributed by atoms with Crippen LogP contribution in [0, 0.1) is 0 Å². The van der Waals surface area contributed by atoms with Crippen LogP contribution in [-0.4, -0.2) is 42.7 Å². The molecule has 7 nitrogen and oxygen atoms in total. The molecular weight excluding hydrogens is 361 g/mol. The Kier molecular flexibility index (Phi) is 5.60. The van der Waals surface area contributed by atoms with Crippen LogP contribution in [-0.2, 0) is 6.18 Å². The number of anilines is 2. The average molecular weight is 384 g/mol. The summed E-state index contributed by atoms with van der Waals surface area (Å²) in [6.07, 6.45) is -4.57. The molecule has 0 radical (unpaired) electrons. The number of halogens is 3. The Morgan fingerprint density at radius 3 is 2.11 bits per heavy atom. The Hall–Kier alpha value is -2.49. The first kappa shape index (κ1) is 20.8. The van der Waals surface area contributed by atoms with Crippen LogP contribution in [0.5, 0.6) is 0 Å². The summed E-state index contributed by atoms with van der Waals surface area (Å²) in [6.45, 7) is 9.02. The molecular formula is C17H23F3N6O. The Morgan fingerprint density at radius 1 is 0.926 bits per heavy atom. The van der Waals surface area contributed by atoms with Crippen molar-refractivity contribution in [3.05, 3.63) is 23.9 Å². The lowest BCUT2D eigenvalue weighted by molar-refractivity contribution is -0.141. The lowest BCUT2D eigenvalue weighted by Gasteiger charge is -2.22. The molecule has 0 saturated heterocycles. The molecule has 0 aliphatic carbocycles. The highest BCUT2D eigenvalue weighted by molar-refractivity contribution is 5.54. The molecule has 2 aromatic rings. The van der Waals surface area contributed by atoms with Crippen LogP contribution in [0.2, 0.25) is 0 Å². The zero-order valence-electron chi connectivity index (χ0n) is 15.8. The predicted molar refractivity (Wildman–Crippen MR) is 96.2 cm³/mol. The Labute approximate surface area is 155 Å². The Bertz CT molecular complexity index is 796. The van der Waals surface area contributed by atoms with Crippen LogP contribution < -0.4 is 10.6 Å². The van der Waals surface area contributed by atoms with Gasteiger partial charge >= 0.3 is 6.18 Å². The first-order chi connectivity index (χ1) is 12.2. The zero-order valence-corrected chi connectivity index (χ0v) is 15.8. The minimum absolute atomic E-state index is 0.0129. The van der Waals surface area contributed by atoms with Gasteiger partial charge in [0.2, 0.25) is 11.9 Å². The molecule has 0 spiro atoms. The maximum Gasteiger partial charge on any atom is 0.433 e. The van der Waals surface area contributed by atoms with Crippen molar-refractivity contribution in [3.63, 3.8) is 0 Å². The number of aromatic nitrogens is 4. The zero-order chi connectivity index (χ0) is 20.5. The molecule has 0 amide bonds. The minimum atomic E-state index is -4.57. The van der Waals surface area contributed by atoms with Gasteiger partial charge in [-0.05, 0) is 46.8 Å². The summed E-state index contributed by atoms with van der Waals surface area (Å²) in [5.41, 5.74) is -2.47. The van der Waals surface area contributed by atoms with E-state index in [0.717, 1.165) is 6.07 Å². The van der Waals surface area contributed by atoms with Crippen LogP contribution in [0.3, 0.4) is 0 Å². The summed E-state index contributed by atoms with van der Waals surface area (Å²) < 4.78 is 38.8. The van der Waals surface area contributed by atoms with Gasteiger partial charge in [0.05, 0.1) is 5.60 Å². The Balaban J connectivity index is 2.46. The standard InChI is InChI=1S/C17H23F3N6O/c1-15(2,3)26-14-24-12(23-13(25-14)21-9-16(4,5)27)10-7-6-8-11(22-10)17(18,19)20/h6-8,27H,9H2,1-5H3,(H2,21,23,24,25,26). The molecule has 10 heteroatoms. The van der Waals surface area contributed by atoms with E-state index >= 15 is 0 Å². The number of nitrogens with one attached hydrogen (secondary N) is 2. The number of aliphatic hydroxyl groups is 1. The van der Waals surface area contributed by atoms with Crippen molar-refractivity contribution in [2.45, 2.75) is 51.9 Å². The number of hydrogen-bond acceptors (Lipinski definition) is 7. The van der Waals surface area contributed by atoms with Crippen LogP contribution in [0.4, 0.5) is 25.1 Å². The SMILES string of the molecule is CC(C)(O)CNc1nc(NC(C)(C)C)nc(-c2cccc(C(F)(F)F)n2)n1. The van der Waals surface area contributed by atoms with E-state index in [1.54, 1.807) is 13.8 Å². The molecule has 0 aliphatic rings. The number of rotatable bonds is 5. The van der Waals surface area contributed by atoms with Crippen molar-refractivity contribution in [2.75, 3.05) is 17.2 Å². The molecule has 3 N–H and O–H groups in total. The minimum Gasteiger partial charge on any atom is -0.389 e. The van der Waals surface area contributed by atoms with Crippen LogP contribution in [0.15, 0.2) is 18.2 Å².